The molecular formula is C13H13NO3. The molecule has 0 aliphatic rings. The molecule has 0 unspecified atom stereocenters. The summed E-state index contributed by atoms with van der Waals surface area (Å²) >= 11 is 0. The molecule has 4 nitrogen and oxygen atoms in total. The molecule has 1 heterocycles. The normalized spacial score (nSPS) is 10.5. The van der Waals surface area contributed by atoms with Crippen LogP contribution in [-0.2, 0) is 16.0 Å². The zero-order valence-electron chi connectivity index (χ0n) is 9.74. The fourth-order valence-electron chi connectivity index (χ4n) is 1.74. The van der Waals surface area contributed by atoms with Crippen molar-refractivity contribution in [2.75, 3.05) is 7.11 Å². The van der Waals surface area contributed by atoms with E-state index in [1.807, 2.05) is 25.1 Å². The molecule has 0 amide bonds. The highest BCUT2D eigenvalue weighted by atomic mass is 16.5. The molecule has 0 aliphatic carbocycles. The van der Waals surface area contributed by atoms with E-state index in [0.717, 1.165) is 11.1 Å². The molecule has 0 aliphatic heterocycles. The van der Waals surface area contributed by atoms with Crippen molar-refractivity contribution in [1.82, 2.24) is 4.98 Å². The lowest BCUT2D eigenvalue weighted by Gasteiger charge is -2.04. The molecule has 1 aromatic heterocycles. The smallest absolute Gasteiger partial charge is 0.311 e. The van der Waals surface area contributed by atoms with Gasteiger partial charge in [-0.1, -0.05) is 11.6 Å². The summed E-state index contributed by atoms with van der Waals surface area (Å²) in [6, 6.07) is 7.03. The molecule has 88 valence electrons. The third kappa shape index (κ3) is 2.36. The van der Waals surface area contributed by atoms with E-state index in [1.54, 1.807) is 0 Å². The maximum atomic E-state index is 11.8. The first kappa shape index (κ1) is 11.4. The van der Waals surface area contributed by atoms with Crippen LogP contribution >= 0.6 is 0 Å². The van der Waals surface area contributed by atoms with E-state index in [0.29, 0.717) is 11.1 Å². The van der Waals surface area contributed by atoms with Crippen LogP contribution in [0.2, 0.25) is 0 Å². The summed E-state index contributed by atoms with van der Waals surface area (Å²) in [6.07, 6.45) is 0.0789. The van der Waals surface area contributed by atoms with E-state index >= 15 is 0 Å². The number of benzene rings is 1. The van der Waals surface area contributed by atoms with Crippen LogP contribution in [0, 0.1) is 6.92 Å². The minimum absolute atomic E-state index is 0.0789. The number of methoxy groups -OCH3 is 1. The van der Waals surface area contributed by atoms with Crippen molar-refractivity contribution in [3.8, 4) is 0 Å². The van der Waals surface area contributed by atoms with Gasteiger partial charge >= 0.3 is 5.97 Å². The molecule has 0 saturated carbocycles. The van der Waals surface area contributed by atoms with E-state index < -0.39 is 0 Å². The Balaban J connectivity index is 2.52. The Morgan fingerprint density at radius 3 is 2.82 bits per heavy atom. The molecule has 0 fully saturated rings. The van der Waals surface area contributed by atoms with E-state index in [9.17, 15) is 9.59 Å². The number of pyridine rings is 1. The Morgan fingerprint density at radius 2 is 2.12 bits per heavy atom. The number of carbonyl (C=O) groups is 1. The summed E-state index contributed by atoms with van der Waals surface area (Å²) < 4.78 is 4.56. The van der Waals surface area contributed by atoms with Gasteiger partial charge in [-0.2, -0.15) is 0 Å². The molecule has 2 rings (SSSR count). The Morgan fingerprint density at radius 1 is 1.35 bits per heavy atom. The monoisotopic (exact) mass is 231 g/mol. The molecule has 4 heteroatoms. The number of fused-ring (bicyclic) bond motifs is 1. The molecule has 0 spiro atoms. The molecule has 0 saturated heterocycles. The molecule has 0 bridgehead atoms. The molecule has 0 atom stereocenters. The average molecular weight is 231 g/mol. The van der Waals surface area contributed by atoms with Gasteiger partial charge in [0.25, 0.3) is 0 Å². The number of carbonyl (C=O) groups excluding carboxylic acids is 1. The van der Waals surface area contributed by atoms with Crippen LogP contribution in [0.4, 0.5) is 0 Å². The van der Waals surface area contributed by atoms with Gasteiger partial charge in [0.1, 0.15) is 0 Å². The Bertz CT molecular complexity index is 628. The van der Waals surface area contributed by atoms with Gasteiger partial charge in [0, 0.05) is 22.7 Å². The van der Waals surface area contributed by atoms with Gasteiger partial charge < -0.3 is 9.72 Å². The van der Waals surface area contributed by atoms with Crippen molar-refractivity contribution >= 4 is 16.9 Å². The van der Waals surface area contributed by atoms with Crippen LogP contribution in [0.3, 0.4) is 0 Å². The second kappa shape index (κ2) is 4.41. The Hall–Kier alpha value is -2.10. The van der Waals surface area contributed by atoms with E-state index in [2.05, 4.69) is 9.72 Å². The van der Waals surface area contributed by atoms with Crippen LogP contribution in [0.1, 0.15) is 11.3 Å². The second-order valence-electron chi connectivity index (χ2n) is 3.96. The van der Waals surface area contributed by atoms with Gasteiger partial charge in [-0.05, 0) is 19.1 Å². The number of H-pyrrole nitrogens is 1. The molecule has 2 aromatic rings. The topological polar surface area (TPSA) is 59.2 Å². The number of aromatic nitrogens is 1. The fraction of sp³-hybridized carbons (Fsp3) is 0.231. The molecule has 1 aromatic carbocycles. The fourth-order valence-corrected chi connectivity index (χ4v) is 1.74. The number of ether oxygens (including phenoxy) is 1. The van der Waals surface area contributed by atoms with Crippen LogP contribution in [0.15, 0.2) is 29.1 Å². The minimum Gasteiger partial charge on any atom is -0.469 e. The standard InChI is InChI=1S/C13H13NO3/c1-8-3-4-11-10(5-8)12(15)6-9(14-11)7-13(16)17-2/h3-6H,7H2,1-2H3,(H,14,15). The van der Waals surface area contributed by atoms with Gasteiger partial charge in [-0.25, -0.2) is 0 Å². The lowest BCUT2D eigenvalue weighted by molar-refractivity contribution is -0.139. The lowest BCUT2D eigenvalue weighted by Crippen LogP contribution is -2.11. The number of aryl methyl sites for hydroxylation is 1. The molecule has 0 radical (unpaired) electrons. The molecule has 1 N–H and O–H groups in total. The largest absolute Gasteiger partial charge is 0.469 e. The van der Waals surface area contributed by atoms with Crippen molar-refractivity contribution < 1.29 is 9.53 Å². The van der Waals surface area contributed by atoms with Crippen molar-refractivity contribution in [1.29, 1.82) is 0 Å². The van der Waals surface area contributed by atoms with Crippen molar-refractivity contribution in [3.05, 3.63) is 45.7 Å². The first-order valence-electron chi connectivity index (χ1n) is 5.29. The van der Waals surface area contributed by atoms with Gasteiger partial charge in [0.15, 0.2) is 5.43 Å². The number of hydrogen-bond acceptors (Lipinski definition) is 3. The average Bonchev–Trinajstić information content (AvgIpc) is 2.30. The number of hydrogen-bond donors (Lipinski definition) is 1. The van der Waals surface area contributed by atoms with Crippen LogP contribution in [0.25, 0.3) is 10.9 Å². The quantitative estimate of drug-likeness (QED) is 0.798. The predicted octanol–water partition coefficient (Wildman–Crippen LogP) is 1.55. The summed E-state index contributed by atoms with van der Waals surface area (Å²) in [5.74, 6) is -0.368. The maximum Gasteiger partial charge on any atom is 0.311 e. The molecule has 17 heavy (non-hydrogen) atoms. The Kier molecular flexibility index (Phi) is 2.95. The third-order valence-corrected chi connectivity index (χ3v) is 2.60. The summed E-state index contributed by atoms with van der Waals surface area (Å²) in [5, 5.41) is 0.638. The highest BCUT2D eigenvalue weighted by molar-refractivity contribution is 5.80. The van der Waals surface area contributed by atoms with Gasteiger partial charge in [-0.3, -0.25) is 9.59 Å². The SMILES string of the molecule is COC(=O)Cc1cc(=O)c2cc(C)ccc2[nH]1. The van der Waals surface area contributed by atoms with E-state index in [1.165, 1.54) is 13.2 Å². The zero-order chi connectivity index (χ0) is 12.4. The molecular weight excluding hydrogens is 218 g/mol. The highest BCUT2D eigenvalue weighted by Crippen LogP contribution is 2.10. The zero-order valence-corrected chi connectivity index (χ0v) is 9.74. The van der Waals surface area contributed by atoms with E-state index in [-0.39, 0.29) is 17.8 Å². The first-order chi connectivity index (χ1) is 8.10. The van der Waals surface area contributed by atoms with Crippen LogP contribution in [0.5, 0.6) is 0 Å². The van der Waals surface area contributed by atoms with Crippen molar-refractivity contribution in [2.24, 2.45) is 0 Å². The maximum absolute atomic E-state index is 11.8. The number of esters is 1. The summed E-state index contributed by atoms with van der Waals surface area (Å²) in [7, 11) is 1.32. The summed E-state index contributed by atoms with van der Waals surface area (Å²) in [4.78, 5) is 26.0. The predicted molar refractivity (Wildman–Crippen MR) is 65.0 cm³/mol. The van der Waals surface area contributed by atoms with Crippen molar-refractivity contribution in [2.45, 2.75) is 13.3 Å². The Labute approximate surface area is 98.2 Å². The number of rotatable bonds is 2. The highest BCUT2D eigenvalue weighted by Gasteiger charge is 2.06. The number of nitrogens with one attached hydrogen (secondary N) is 1. The van der Waals surface area contributed by atoms with Crippen LogP contribution in [-0.4, -0.2) is 18.1 Å². The minimum atomic E-state index is -0.368. The summed E-state index contributed by atoms with van der Waals surface area (Å²) in [5.41, 5.74) is 2.25. The lowest BCUT2D eigenvalue weighted by atomic mass is 10.1. The van der Waals surface area contributed by atoms with Gasteiger partial charge in [-0.15, -0.1) is 0 Å². The number of aromatic amines is 1. The van der Waals surface area contributed by atoms with Crippen LogP contribution < -0.4 is 5.43 Å². The summed E-state index contributed by atoms with van der Waals surface area (Å²) in [6.45, 7) is 1.93. The van der Waals surface area contributed by atoms with Gasteiger partial charge in [0.2, 0.25) is 0 Å². The van der Waals surface area contributed by atoms with E-state index in [4.69, 9.17) is 0 Å². The van der Waals surface area contributed by atoms with Crippen molar-refractivity contribution in [3.63, 3.8) is 0 Å². The second-order valence-corrected chi connectivity index (χ2v) is 3.96. The third-order valence-electron chi connectivity index (χ3n) is 2.60. The first-order valence-corrected chi connectivity index (χ1v) is 5.29. The van der Waals surface area contributed by atoms with Gasteiger partial charge in [0.05, 0.1) is 13.5 Å².